The SMILES string of the molecule is COc1ccc(/C=C2\CCCCc3c2nc(N)nc3-c2ccc(OC)cc2)cc1. The van der Waals surface area contributed by atoms with E-state index in [2.05, 4.69) is 28.2 Å². The molecular formula is C24H25N3O2. The second-order valence-electron chi connectivity index (χ2n) is 7.14. The molecule has 0 fully saturated rings. The first-order chi connectivity index (χ1) is 14.2. The van der Waals surface area contributed by atoms with E-state index < -0.39 is 0 Å². The Morgan fingerprint density at radius 1 is 0.793 bits per heavy atom. The van der Waals surface area contributed by atoms with E-state index in [0.717, 1.165) is 59.7 Å². The van der Waals surface area contributed by atoms with Gasteiger partial charge in [-0.05, 0) is 79.3 Å². The number of fused-ring (bicyclic) bond motifs is 1. The number of aromatic nitrogens is 2. The fraction of sp³-hybridized carbons (Fsp3) is 0.250. The number of ether oxygens (including phenoxy) is 2. The Morgan fingerprint density at radius 3 is 2.03 bits per heavy atom. The molecule has 4 rings (SSSR count). The summed E-state index contributed by atoms with van der Waals surface area (Å²) in [5, 5.41) is 0. The summed E-state index contributed by atoms with van der Waals surface area (Å²) in [6.45, 7) is 0. The third-order valence-corrected chi connectivity index (χ3v) is 5.27. The molecule has 0 spiro atoms. The molecular weight excluding hydrogens is 362 g/mol. The molecule has 148 valence electrons. The quantitative estimate of drug-likeness (QED) is 0.637. The van der Waals surface area contributed by atoms with E-state index in [1.807, 2.05) is 36.4 Å². The number of rotatable bonds is 4. The van der Waals surface area contributed by atoms with Gasteiger partial charge >= 0.3 is 0 Å². The van der Waals surface area contributed by atoms with Gasteiger partial charge in [0.1, 0.15) is 11.5 Å². The molecule has 1 aliphatic rings. The van der Waals surface area contributed by atoms with Crippen LogP contribution >= 0.6 is 0 Å². The van der Waals surface area contributed by atoms with Crippen molar-refractivity contribution >= 4 is 17.6 Å². The van der Waals surface area contributed by atoms with Gasteiger partial charge in [0.15, 0.2) is 0 Å². The van der Waals surface area contributed by atoms with Gasteiger partial charge in [-0.25, -0.2) is 9.97 Å². The first kappa shape index (κ1) is 19.0. The molecule has 0 radical (unpaired) electrons. The van der Waals surface area contributed by atoms with Crippen molar-refractivity contribution in [3.63, 3.8) is 0 Å². The van der Waals surface area contributed by atoms with Crippen LogP contribution in [0, 0.1) is 0 Å². The normalized spacial score (nSPS) is 14.9. The standard InChI is InChI=1S/C24H25N3O2/c1-28-19-11-7-16(8-12-19)15-18-5-3-4-6-21-22(26-24(25)27-23(18)21)17-9-13-20(29-2)14-10-17/h7-15H,3-6H2,1-2H3,(H2,25,26,27)/b18-15+. The van der Waals surface area contributed by atoms with Crippen LogP contribution in [-0.2, 0) is 6.42 Å². The van der Waals surface area contributed by atoms with Crippen LogP contribution < -0.4 is 15.2 Å². The van der Waals surface area contributed by atoms with Crippen molar-refractivity contribution in [2.75, 3.05) is 20.0 Å². The van der Waals surface area contributed by atoms with E-state index in [0.29, 0.717) is 5.95 Å². The monoisotopic (exact) mass is 387 g/mol. The Balaban J connectivity index is 1.81. The summed E-state index contributed by atoms with van der Waals surface area (Å²) >= 11 is 0. The summed E-state index contributed by atoms with van der Waals surface area (Å²) in [6, 6.07) is 16.0. The molecule has 1 aromatic heterocycles. The lowest BCUT2D eigenvalue weighted by Crippen LogP contribution is -2.06. The number of hydrogen-bond donors (Lipinski definition) is 1. The maximum atomic E-state index is 6.13. The van der Waals surface area contributed by atoms with E-state index in [1.54, 1.807) is 14.2 Å². The van der Waals surface area contributed by atoms with Gasteiger partial charge in [0.25, 0.3) is 0 Å². The molecule has 29 heavy (non-hydrogen) atoms. The molecule has 0 saturated carbocycles. The molecule has 0 atom stereocenters. The highest BCUT2D eigenvalue weighted by atomic mass is 16.5. The molecule has 1 aliphatic carbocycles. The zero-order valence-corrected chi connectivity index (χ0v) is 16.8. The van der Waals surface area contributed by atoms with Gasteiger partial charge in [-0.2, -0.15) is 0 Å². The smallest absolute Gasteiger partial charge is 0.221 e. The van der Waals surface area contributed by atoms with Gasteiger partial charge < -0.3 is 15.2 Å². The maximum absolute atomic E-state index is 6.13. The predicted molar refractivity (Wildman–Crippen MR) is 117 cm³/mol. The van der Waals surface area contributed by atoms with Gasteiger partial charge in [0.05, 0.1) is 25.6 Å². The summed E-state index contributed by atoms with van der Waals surface area (Å²) in [5.74, 6) is 1.97. The van der Waals surface area contributed by atoms with E-state index in [1.165, 1.54) is 11.1 Å². The first-order valence-electron chi connectivity index (χ1n) is 9.84. The lowest BCUT2D eigenvalue weighted by Gasteiger charge is -2.14. The molecule has 1 heterocycles. The Morgan fingerprint density at radius 2 is 1.38 bits per heavy atom. The average Bonchev–Trinajstić information content (AvgIpc) is 2.96. The summed E-state index contributed by atoms with van der Waals surface area (Å²) in [6.07, 6.45) is 6.33. The molecule has 2 N–H and O–H groups in total. The number of nitrogens with zero attached hydrogens (tertiary/aromatic N) is 2. The minimum Gasteiger partial charge on any atom is -0.497 e. The highest BCUT2D eigenvalue weighted by Crippen LogP contribution is 2.36. The molecule has 2 aromatic carbocycles. The predicted octanol–water partition coefficient (Wildman–Crippen LogP) is 5.01. The van der Waals surface area contributed by atoms with E-state index in [9.17, 15) is 0 Å². The van der Waals surface area contributed by atoms with Crippen LogP contribution in [0.3, 0.4) is 0 Å². The molecule has 0 amide bonds. The van der Waals surface area contributed by atoms with Gasteiger partial charge in [-0.3, -0.25) is 0 Å². The van der Waals surface area contributed by atoms with Crippen molar-refractivity contribution in [2.45, 2.75) is 25.7 Å². The van der Waals surface area contributed by atoms with Crippen LogP contribution in [0.15, 0.2) is 48.5 Å². The molecule has 0 aliphatic heterocycles. The van der Waals surface area contributed by atoms with Crippen molar-refractivity contribution in [1.29, 1.82) is 0 Å². The summed E-state index contributed by atoms with van der Waals surface area (Å²) in [5.41, 5.74) is 12.5. The zero-order chi connectivity index (χ0) is 20.2. The summed E-state index contributed by atoms with van der Waals surface area (Å²) in [4.78, 5) is 9.25. The van der Waals surface area contributed by atoms with Crippen LogP contribution in [-0.4, -0.2) is 24.2 Å². The van der Waals surface area contributed by atoms with Crippen molar-refractivity contribution in [2.24, 2.45) is 0 Å². The van der Waals surface area contributed by atoms with Gasteiger partial charge in [-0.1, -0.05) is 12.1 Å². The third-order valence-electron chi connectivity index (χ3n) is 5.27. The van der Waals surface area contributed by atoms with Crippen LogP contribution in [0.1, 0.15) is 36.1 Å². The zero-order valence-electron chi connectivity index (χ0n) is 16.8. The molecule has 3 aromatic rings. The van der Waals surface area contributed by atoms with Crippen molar-refractivity contribution in [1.82, 2.24) is 9.97 Å². The maximum Gasteiger partial charge on any atom is 0.221 e. The van der Waals surface area contributed by atoms with Gasteiger partial charge in [0, 0.05) is 11.1 Å². The van der Waals surface area contributed by atoms with Crippen LogP contribution in [0.25, 0.3) is 22.9 Å². The Bertz CT molecular complexity index is 1030. The number of methoxy groups -OCH3 is 2. The fourth-order valence-electron chi connectivity index (χ4n) is 3.77. The molecule has 0 bridgehead atoms. The fourth-order valence-corrected chi connectivity index (χ4v) is 3.77. The minimum atomic E-state index is 0.303. The second-order valence-corrected chi connectivity index (χ2v) is 7.14. The highest BCUT2D eigenvalue weighted by Gasteiger charge is 2.20. The summed E-state index contributed by atoms with van der Waals surface area (Å²) in [7, 11) is 3.34. The lowest BCUT2D eigenvalue weighted by atomic mass is 9.97. The average molecular weight is 387 g/mol. The molecule has 0 unspecified atom stereocenters. The topological polar surface area (TPSA) is 70.3 Å². The summed E-state index contributed by atoms with van der Waals surface area (Å²) < 4.78 is 10.6. The molecule has 0 saturated heterocycles. The van der Waals surface area contributed by atoms with Crippen molar-refractivity contribution in [3.05, 3.63) is 65.4 Å². The number of allylic oxidation sites excluding steroid dienone is 1. The Hall–Kier alpha value is -3.34. The van der Waals surface area contributed by atoms with Crippen LogP contribution in [0.4, 0.5) is 5.95 Å². The van der Waals surface area contributed by atoms with Crippen molar-refractivity contribution in [3.8, 4) is 22.8 Å². The van der Waals surface area contributed by atoms with Crippen molar-refractivity contribution < 1.29 is 9.47 Å². The van der Waals surface area contributed by atoms with Gasteiger partial charge in [-0.15, -0.1) is 0 Å². The minimum absolute atomic E-state index is 0.303. The third kappa shape index (κ3) is 4.09. The number of anilines is 1. The molecule has 5 nitrogen and oxygen atoms in total. The van der Waals surface area contributed by atoms with Crippen LogP contribution in [0.2, 0.25) is 0 Å². The highest BCUT2D eigenvalue weighted by molar-refractivity contribution is 5.84. The Labute approximate surface area is 171 Å². The number of nitrogen functional groups attached to an aromatic ring is 1. The first-order valence-corrected chi connectivity index (χ1v) is 9.84. The van der Waals surface area contributed by atoms with E-state index in [-0.39, 0.29) is 0 Å². The largest absolute Gasteiger partial charge is 0.497 e. The molecule has 5 heteroatoms. The Kier molecular flexibility index (Phi) is 5.47. The van der Waals surface area contributed by atoms with Gasteiger partial charge in [0.2, 0.25) is 5.95 Å². The number of benzene rings is 2. The number of hydrogen-bond acceptors (Lipinski definition) is 5. The van der Waals surface area contributed by atoms with E-state index in [4.69, 9.17) is 15.2 Å². The number of nitrogens with two attached hydrogens (primary N) is 1. The van der Waals surface area contributed by atoms with E-state index >= 15 is 0 Å². The second kappa shape index (κ2) is 8.35. The van der Waals surface area contributed by atoms with Crippen LogP contribution in [0.5, 0.6) is 11.5 Å². The lowest BCUT2D eigenvalue weighted by molar-refractivity contribution is 0.414.